The second kappa shape index (κ2) is 14.9. The van der Waals surface area contributed by atoms with E-state index in [-0.39, 0.29) is 0 Å². The molecule has 1 amide bonds. The Morgan fingerprint density at radius 2 is 1.59 bits per heavy atom. The maximum Gasteiger partial charge on any atom is 0.303 e. The fraction of sp³-hybridized carbons (Fsp3) is 0.818. The number of carboxylic acid groups (broad SMARTS) is 1. The largest absolute Gasteiger partial charge is 0.481 e. The zero-order valence-electron chi connectivity index (χ0n) is 10.8. The van der Waals surface area contributed by atoms with Crippen LogP contribution in [0.3, 0.4) is 0 Å². The number of carbonyl (C=O) groups excluding carboxylic acids is 1. The van der Waals surface area contributed by atoms with E-state index in [0.29, 0.717) is 6.42 Å². The normalized spacial score (nSPS) is 13.4. The van der Waals surface area contributed by atoms with Gasteiger partial charge in [-0.05, 0) is 6.42 Å². The summed E-state index contributed by atoms with van der Waals surface area (Å²) >= 11 is 0. The highest BCUT2D eigenvalue weighted by atomic mass is 16.6. The van der Waals surface area contributed by atoms with Crippen LogP contribution in [0.5, 0.6) is 0 Å². The molecule has 6 nitrogen and oxygen atoms in total. The highest BCUT2D eigenvalue weighted by Crippen LogP contribution is 1.85. The number of hydrogen-bond acceptors (Lipinski definition) is 4. The standard InChI is InChI=1S/2C4H8O2.C3H7NO/c1-2-6-4-3-5-1;1-2-3-4(5)6;1-4(2)3-5/h1-4H2;2-3H2,1H3,(H,5,6);3H,1-2H3. The SMILES string of the molecule is C1COCCO1.CCCC(=O)O.CN(C)C=O. The molecule has 0 saturated carbocycles. The van der Waals surface area contributed by atoms with Crippen molar-refractivity contribution in [3.63, 3.8) is 0 Å². The Hall–Kier alpha value is -1.14. The molecule has 1 fully saturated rings. The van der Waals surface area contributed by atoms with Crippen molar-refractivity contribution in [1.82, 2.24) is 4.90 Å². The molecular weight excluding hydrogens is 226 g/mol. The summed E-state index contributed by atoms with van der Waals surface area (Å²) < 4.78 is 9.89. The third-order valence-corrected chi connectivity index (χ3v) is 1.42. The number of nitrogens with zero attached hydrogens (tertiary/aromatic N) is 1. The van der Waals surface area contributed by atoms with Gasteiger partial charge in [0.05, 0.1) is 26.4 Å². The van der Waals surface area contributed by atoms with E-state index in [0.717, 1.165) is 39.3 Å². The van der Waals surface area contributed by atoms with Crippen molar-refractivity contribution in [2.75, 3.05) is 40.5 Å². The highest BCUT2D eigenvalue weighted by molar-refractivity contribution is 5.66. The smallest absolute Gasteiger partial charge is 0.303 e. The van der Waals surface area contributed by atoms with E-state index in [4.69, 9.17) is 14.6 Å². The van der Waals surface area contributed by atoms with Crippen LogP contribution in [-0.2, 0) is 19.1 Å². The molecule has 1 aliphatic heterocycles. The van der Waals surface area contributed by atoms with E-state index in [1.807, 2.05) is 6.92 Å². The fourth-order valence-electron chi connectivity index (χ4n) is 0.654. The van der Waals surface area contributed by atoms with Crippen molar-refractivity contribution in [3.05, 3.63) is 0 Å². The fourth-order valence-corrected chi connectivity index (χ4v) is 0.654. The quantitative estimate of drug-likeness (QED) is 0.742. The van der Waals surface area contributed by atoms with Crippen LogP contribution >= 0.6 is 0 Å². The molecule has 0 aromatic rings. The molecule has 102 valence electrons. The molecule has 6 heteroatoms. The Morgan fingerprint density at radius 1 is 1.24 bits per heavy atom. The van der Waals surface area contributed by atoms with Crippen LogP contribution in [0.25, 0.3) is 0 Å². The topological polar surface area (TPSA) is 76.1 Å². The van der Waals surface area contributed by atoms with E-state index in [9.17, 15) is 9.59 Å². The van der Waals surface area contributed by atoms with Crippen molar-refractivity contribution in [1.29, 1.82) is 0 Å². The van der Waals surface area contributed by atoms with Crippen LogP contribution in [0.1, 0.15) is 19.8 Å². The van der Waals surface area contributed by atoms with Crippen LogP contribution < -0.4 is 0 Å². The van der Waals surface area contributed by atoms with Gasteiger partial charge >= 0.3 is 5.97 Å². The van der Waals surface area contributed by atoms with Gasteiger partial charge in [-0.1, -0.05) is 6.92 Å². The zero-order chi connectivity index (χ0) is 13.5. The molecule has 1 rings (SSSR count). The summed E-state index contributed by atoms with van der Waals surface area (Å²) in [7, 11) is 3.38. The van der Waals surface area contributed by atoms with E-state index in [1.165, 1.54) is 4.90 Å². The zero-order valence-corrected chi connectivity index (χ0v) is 10.8. The molecule has 1 saturated heterocycles. The first-order valence-electron chi connectivity index (χ1n) is 5.53. The lowest BCUT2D eigenvalue weighted by molar-refractivity contribution is -0.137. The number of carboxylic acids is 1. The number of carbonyl (C=O) groups is 2. The van der Waals surface area contributed by atoms with Crippen molar-refractivity contribution < 1.29 is 24.2 Å². The second-order valence-electron chi connectivity index (χ2n) is 3.44. The lowest BCUT2D eigenvalue weighted by atomic mass is 10.4. The summed E-state index contributed by atoms with van der Waals surface area (Å²) in [5.41, 5.74) is 0. The van der Waals surface area contributed by atoms with Gasteiger partial charge in [0.2, 0.25) is 6.41 Å². The van der Waals surface area contributed by atoms with Gasteiger partial charge in [-0.15, -0.1) is 0 Å². The Bertz CT molecular complexity index is 169. The molecule has 0 radical (unpaired) electrons. The average molecular weight is 249 g/mol. The van der Waals surface area contributed by atoms with Crippen LogP contribution in [0.15, 0.2) is 0 Å². The first-order valence-corrected chi connectivity index (χ1v) is 5.53. The van der Waals surface area contributed by atoms with Crippen molar-refractivity contribution in [3.8, 4) is 0 Å². The third-order valence-electron chi connectivity index (χ3n) is 1.42. The molecule has 17 heavy (non-hydrogen) atoms. The molecule has 0 aromatic carbocycles. The Balaban J connectivity index is 0. The van der Waals surface area contributed by atoms with Gasteiger partial charge in [0.25, 0.3) is 0 Å². The lowest BCUT2D eigenvalue weighted by Crippen LogP contribution is -2.16. The molecule has 0 aromatic heterocycles. The minimum absolute atomic E-state index is 0.292. The van der Waals surface area contributed by atoms with Crippen LogP contribution in [0.4, 0.5) is 0 Å². The molecular formula is C11H23NO5. The highest BCUT2D eigenvalue weighted by Gasteiger charge is 1.94. The van der Waals surface area contributed by atoms with E-state index in [2.05, 4.69) is 0 Å². The Labute approximate surface area is 102 Å². The van der Waals surface area contributed by atoms with Gasteiger partial charge in [-0.25, -0.2) is 0 Å². The number of hydrogen-bond donors (Lipinski definition) is 1. The Kier molecular flexibility index (Phi) is 15.9. The van der Waals surface area contributed by atoms with E-state index < -0.39 is 5.97 Å². The predicted molar refractivity (Wildman–Crippen MR) is 63.9 cm³/mol. The third kappa shape index (κ3) is 25.3. The number of ether oxygens (including phenoxy) is 2. The molecule has 0 atom stereocenters. The summed E-state index contributed by atoms with van der Waals surface area (Å²) in [6, 6.07) is 0. The first-order chi connectivity index (χ1) is 8.04. The summed E-state index contributed by atoms with van der Waals surface area (Å²) in [5, 5.41) is 7.91. The molecule has 1 aliphatic rings. The molecule has 1 N–H and O–H groups in total. The first kappa shape index (κ1) is 18.2. The number of amides is 1. The van der Waals surface area contributed by atoms with E-state index in [1.54, 1.807) is 14.1 Å². The Morgan fingerprint density at radius 3 is 1.65 bits per heavy atom. The monoisotopic (exact) mass is 249 g/mol. The molecule has 0 spiro atoms. The summed E-state index contributed by atoms with van der Waals surface area (Å²) in [6.07, 6.45) is 1.77. The van der Waals surface area contributed by atoms with E-state index >= 15 is 0 Å². The van der Waals surface area contributed by atoms with Crippen LogP contribution in [-0.4, -0.2) is 62.9 Å². The predicted octanol–water partition coefficient (Wildman–Crippen LogP) is 0.609. The number of aliphatic carboxylic acids is 1. The molecule has 0 aliphatic carbocycles. The maximum absolute atomic E-state index is 9.60. The second-order valence-corrected chi connectivity index (χ2v) is 3.44. The van der Waals surface area contributed by atoms with Gasteiger partial charge in [0.1, 0.15) is 0 Å². The number of rotatable bonds is 3. The molecule has 0 unspecified atom stereocenters. The van der Waals surface area contributed by atoms with Gasteiger partial charge < -0.3 is 19.5 Å². The van der Waals surface area contributed by atoms with Crippen LogP contribution in [0, 0.1) is 0 Å². The van der Waals surface area contributed by atoms with Gasteiger partial charge in [-0.2, -0.15) is 0 Å². The minimum atomic E-state index is -0.711. The van der Waals surface area contributed by atoms with Crippen molar-refractivity contribution >= 4 is 12.4 Å². The van der Waals surface area contributed by atoms with Crippen molar-refractivity contribution in [2.24, 2.45) is 0 Å². The van der Waals surface area contributed by atoms with Gasteiger partial charge in [0, 0.05) is 20.5 Å². The summed E-state index contributed by atoms with van der Waals surface area (Å²) in [6.45, 7) is 4.95. The summed E-state index contributed by atoms with van der Waals surface area (Å²) in [5.74, 6) is -0.711. The van der Waals surface area contributed by atoms with Crippen LogP contribution in [0.2, 0.25) is 0 Å². The lowest BCUT2D eigenvalue weighted by Gasteiger charge is -2.09. The van der Waals surface area contributed by atoms with Crippen molar-refractivity contribution in [2.45, 2.75) is 19.8 Å². The molecule has 0 bridgehead atoms. The molecule has 1 heterocycles. The maximum atomic E-state index is 9.60. The average Bonchev–Trinajstić information content (AvgIpc) is 2.32. The van der Waals surface area contributed by atoms with Gasteiger partial charge in [0.15, 0.2) is 0 Å². The summed E-state index contributed by atoms with van der Waals surface area (Å²) in [4.78, 5) is 20.5. The minimum Gasteiger partial charge on any atom is -0.481 e. The van der Waals surface area contributed by atoms with Gasteiger partial charge in [-0.3, -0.25) is 9.59 Å².